The van der Waals surface area contributed by atoms with Gasteiger partial charge in [-0.25, -0.2) is 4.98 Å². The molecule has 0 aliphatic rings. The largest absolute Gasteiger partial charge is 0.383 e. The monoisotopic (exact) mass is 232 g/mol. The number of hydrogen-bond acceptors (Lipinski definition) is 4. The molecule has 0 aliphatic carbocycles. The van der Waals surface area contributed by atoms with E-state index in [0.717, 1.165) is 12.2 Å². The van der Waals surface area contributed by atoms with E-state index in [1.54, 1.807) is 18.1 Å². The van der Waals surface area contributed by atoms with Crippen LogP contribution in [0.4, 0.5) is 0 Å². The molecule has 1 unspecified atom stereocenters. The second kappa shape index (κ2) is 6.76. The average molecular weight is 233 g/mol. The van der Waals surface area contributed by atoms with Crippen LogP contribution in [0.1, 0.15) is 12.2 Å². The van der Waals surface area contributed by atoms with Crippen molar-refractivity contribution in [3.05, 3.63) is 12.2 Å². The van der Waals surface area contributed by atoms with E-state index in [9.17, 15) is 0 Å². The molecular formula is C9H17ClN4O. The van der Waals surface area contributed by atoms with Gasteiger partial charge in [-0.1, -0.05) is 0 Å². The molecule has 0 radical (unpaired) electrons. The van der Waals surface area contributed by atoms with Crippen molar-refractivity contribution in [3.8, 4) is 0 Å². The summed E-state index contributed by atoms with van der Waals surface area (Å²) >= 11 is 5.70. The van der Waals surface area contributed by atoms with E-state index in [2.05, 4.69) is 15.4 Å². The van der Waals surface area contributed by atoms with E-state index in [1.807, 2.05) is 7.05 Å². The molecule has 6 heteroatoms. The van der Waals surface area contributed by atoms with Crippen LogP contribution >= 0.6 is 11.6 Å². The predicted octanol–water partition coefficient (Wildman–Crippen LogP) is 0.549. The minimum Gasteiger partial charge on any atom is -0.383 e. The van der Waals surface area contributed by atoms with Crippen LogP contribution in [0.15, 0.2) is 6.33 Å². The van der Waals surface area contributed by atoms with Gasteiger partial charge in [0.2, 0.25) is 0 Å². The van der Waals surface area contributed by atoms with E-state index in [4.69, 9.17) is 16.3 Å². The van der Waals surface area contributed by atoms with Gasteiger partial charge in [0.05, 0.1) is 13.2 Å². The number of nitrogens with zero attached hydrogens (tertiary/aromatic N) is 3. The van der Waals surface area contributed by atoms with Crippen LogP contribution in [0, 0.1) is 0 Å². The van der Waals surface area contributed by atoms with Gasteiger partial charge < -0.3 is 10.1 Å². The summed E-state index contributed by atoms with van der Waals surface area (Å²) in [4.78, 5) is 4.12. The van der Waals surface area contributed by atoms with Gasteiger partial charge in [0, 0.05) is 26.1 Å². The first-order valence-corrected chi connectivity index (χ1v) is 5.42. The van der Waals surface area contributed by atoms with Crippen molar-refractivity contribution in [2.75, 3.05) is 19.6 Å². The number of rotatable bonds is 7. The SMILES string of the molecule is COCC(CCCl)NCc1ncnn1C. The Morgan fingerprint density at radius 3 is 3.00 bits per heavy atom. The predicted molar refractivity (Wildman–Crippen MR) is 58.8 cm³/mol. The Balaban J connectivity index is 2.36. The summed E-state index contributed by atoms with van der Waals surface area (Å²) in [5, 5.41) is 7.33. The first kappa shape index (κ1) is 12.4. The maximum atomic E-state index is 5.70. The maximum Gasteiger partial charge on any atom is 0.140 e. The second-order valence-corrected chi connectivity index (χ2v) is 3.69. The van der Waals surface area contributed by atoms with Crippen molar-refractivity contribution >= 4 is 11.6 Å². The van der Waals surface area contributed by atoms with Crippen molar-refractivity contribution in [1.82, 2.24) is 20.1 Å². The quantitative estimate of drug-likeness (QED) is 0.698. The average Bonchev–Trinajstić information content (AvgIpc) is 2.61. The number of alkyl halides is 1. The highest BCUT2D eigenvalue weighted by atomic mass is 35.5. The molecule has 15 heavy (non-hydrogen) atoms. The number of nitrogens with one attached hydrogen (secondary N) is 1. The van der Waals surface area contributed by atoms with Crippen LogP contribution in [0.25, 0.3) is 0 Å². The third kappa shape index (κ3) is 4.15. The van der Waals surface area contributed by atoms with Crippen LogP contribution in [0.2, 0.25) is 0 Å². The molecule has 0 saturated heterocycles. The van der Waals surface area contributed by atoms with Crippen LogP contribution in [-0.2, 0) is 18.3 Å². The molecule has 5 nitrogen and oxygen atoms in total. The van der Waals surface area contributed by atoms with Crippen LogP contribution in [0.5, 0.6) is 0 Å². The van der Waals surface area contributed by atoms with Gasteiger partial charge in [0.15, 0.2) is 0 Å². The first-order valence-electron chi connectivity index (χ1n) is 4.89. The topological polar surface area (TPSA) is 52.0 Å². The summed E-state index contributed by atoms with van der Waals surface area (Å²) in [5.74, 6) is 1.53. The van der Waals surface area contributed by atoms with Gasteiger partial charge in [-0.3, -0.25) is 4.68 Å². The molecule has 1 aromatic rings. The molecule has 1 heterocycles. The van der Waals surface area contributed by atoms with E-state index in [-0.39, 0.29) is 6.04 Å². The maximum absolute atomic E-state index is 5.70. The highest BCUT2D eigenvalue weighted by molar-refractivity contribution is 6.17. The molecule has 1 atom stereocenters. The number of halogens is 1. The minimum atomic E-state index is 0.268. The van der Waals surface area contributed by atoms with Crippen LogP contribution < -0.4 is 5.32 Å². The summed E-state index contributed by atoms with van der Waals surface area (Å²) < 4.78 is 6.84. The van der Waals surface area contributed by atoms with Gasteiger partial charge in [-0.15, -0.1) is 11.6 Å². The molecule has 0 aromatic carbocycles. The second-order valence-electron chi connectivity index (χ2n) is 3.31. The summed E-state index contributed by atoms with van der Waals surface area (Å²) in [6.07, 6.45) is 2.43. The third-order valence-corrected chi connectivity index (χ3v) is 2.40. The standard InChI is InChI=1S/C9H17ClN4O/c1-14-9(12-7-13-14)5-11-8(3-4-10)6-15-2/h7-8,11H,3-6H2,1-2H3. The van der Waals surface area contributed by atoms with Crippen molar-refractivity contribution in [2.24, 2.45) is 7.05 Å². The van der Waals surface area contributed by atoms with E-state index in [0.29, 0.717) is 19.0 Å². The van der Waals surface area contributed by atoms with E-state index >= 15 is 0 Å². The summed E-state index contributed by atoms with van der Waals surface area (Å²) in [6, 6.07) is 0.268. The van der Waals surface area contributed by atoms with Gasteiger partial charge in [-0.05, 0) is 6.42 Å². The Morgan fingerprint density at radius 2 is 2.47 bits per heavy atom. The fourth-order valence-electron chi connectivity index (χ4n) is 1.29. The van der Waals surface area contributed by atoms with Gasteiger partial charge in [-0.2, -0.15) is 5.10 Å². The van der Waals surface area contributed by atoms with Crippen molar-refractivity contribution in [2.45, 2.75) is 19.0 Å². The smallest absolute Gasteiger partial charge is 0.140 e. The zero-order valence-electron chi connectivity index (χ0n) is 9.11. The number of aryl methyl sites for hydroxylation is 1. The van der Waals surface area contributed by atoms with Crippen LogP contribution in [0.3, 0.4) is 0 Å². The van der Waals surface area contributed by atoms with Crippen LogP contribution in [-0.4, -0.2) is 40.4 Å². The molecule has 0 fully saturated rings. The fourth-order valence-corrected chi connectivity index (χ4v) is 1.56. The van der Waals surface area contributed by atoms with Crippen molar-refractivity contribution in [3.63, 3.8) is 0 Å². The highest BCUT2D eigenvalue weighted by Gasteiger charge is 2.08. The Labute approximate surface area is 94.8 Å². The lowest BCUT2D eigenvalue weighted by Crippen LogP contribution is -2.34. The molecule has 86 valence electrons. The van der Waals surface area contributed by atoms with Gasteiger partial charge in [0.25, 0.3) is 0 Å². The number of aromatic nitrogens is 3. The molecular weight excluding hydrogens is 216 g/mol. The summed E-state index contributed by atoms with van der Waals surface area (Å²) in [6.45, 7) is 1.34. The third-order valence-electron chi connectivity index (χ3n) is 2.18. The fraction of sp³-hybridized carbons (Fsp3) is 0.778. The van der Waals surface area contributed by atoms with E-state index in [1.165, 1.54) is 0 Å². The summed E-state index contributed by atoms with van der Waals surface area (Å²) in [7, 11) is 3.56. The molecule has 1 aromatic heterocycles. The normalized spacial score (nSPS) is 13.0. The minimum absolute atomic E-state index is 0.268. The molecule has 0 spiro atoms. The number of ether oxygens (including phenoxy) is 1. The summed E-state index contributed by atoms with van der Waals surface area (Å²) in [5.41, 5.74) is 0. The lowest BCUT2D eigenvalue weighted by Gasteiger charge is -2.16. The van der Waals surface area contributed by atoms with Crippen molar-refractivity contribution < 1.29 is 4.74 Å². The zero-order chi connectivity index (χ0) is 11.1. The molecule has 0 bridgehead atoms. The lowest BCUT2D eigenvalue weighted by molar-refractivity contribution is 0.163. The molecule has 1 N–H and O–H groups in total. The Kier molecular flexibility index (Phi) is 5.60. The molecule has 1 rings (SSSR count). The lowest BCUT2D eigenvalue weighted by atomic mass is 10.2. The zero-order valence-corrected chi connectivity index (χ0v) is 9.87. The highest BCUT2D eigenvalue weighted by Crippen LogP contribution is 1.98. The number of methoxy groups -OCH3 is 1. The molecule has 0 aliphatic heterocycles. The Hall–Kier alpha value is -0.650. The Morgan fingerprint density at radius 1 is 1.67 bits per heavy atom. The number of hydrogen-bond donors (Lipinski definition) is 1. The first-order chi connectivity index (χ1) is 7.27. The van der Waals surface area contributed by atoms with Crippen molar-refractivity contribution in [1.29, 1.82) is 0 Å². The van der Waals surface area contributed by atoms with Gasteiger partial charge in [0.1, 0.15) is 12.2 Å². The molecule has 0 amide bonds. The Bertz CT molecular complexity index is 273. The molecule has 0 saturated carbocycles. The van der Waals surface area contributed by atoms with E-state index < -0.39 is 0 Å². The van der Waals surface area contributed by atoms with Gasteiger partial charge >= 0.3 is 0 Å².